The minimum absolute atomic E-state index is 0.277. The Bertz CT molecular complexity index is 289. The lowest BCUT2D eigenvalue weighted by atomic mass is 10.4. The average Bonchev–Trinajstić information content (AvgIpc) is 2.01. The molecule has 0 aromatic carbocycles. The highest BCUT2D eigenvalue weighted by molar-refractivity contribution is 7.48. The molecule has 0 saturated heterocycles. The molecular formula is C10H19O4P. The number of rotatable bonds is 6. The van der Waals surface area contributed by atoms with Gasteiger partial charge in [-0.25, -0.2) is 4.57 Å². The molecule has 0 atom stereocenters. The van der Waals surface area contributed by atoms with Gasteiger partial charge in [-0.05, 0) is 33.3 Å². The van der Waals surface area contributed by atoms with Gasteiger partial charge in [0.1, 0.15) is 5.76 Å². The maximum Gasteiger partial charge on any atom is 0.530 e. The van der Waals surface area contributed by atoms with Crippen LogP contribution >= 0.6 is 7.82 Å². The third-order valence-corrected chi connectivity index (χ3v) is 2.90. The highest BCUT2D eigenvalue weighted by Gasteiger charge is 2.26. The quantitative estimate of drug-likeness (QED) is 0.399. The third-order valence-electron chi connectivity index (χ3n) is 1.25. The van der Waals surface area contributed by atoms with E-state index in [1.165, 1.54) is 0 Å². The van der Waals surface area contributed by atoms with Crippen LogP contribution in [0.5, 0.6) is 0 Å². The first-order chi connectivity index (χ1) is 6.93. The first kappa shape index (κ1) is 14.5. The van der Waals surface area contributed by atoms with Gasteiger partial charge in [-0.3, -0.25) is 9.05 Å². The minimum atomic E-state index is -3.44. The number of allylic oxidation sites excluding steroid dienone is 1. The van der Waals surface area contributed by atoms with E-state index in [1.807, 2.05) is 13.8 Å². The Morgan fingerprint density at radius 3 is 1.93 bits per heavy atom. The van der Waals surface area contributed by atoms with Gasteiger partial charge >= 0.3 is 7.82 Å². The molecule has 15 heavy (non-hydrogen) atoms. The van der Waals surface area contributed by atoms with Gasteiger partial charge in [0.25, 0.3) is 0 Å². The first-order valence-electron chi connectivity index (χ1n) is 4.93. The van der Waals surface area contributed by atoms with Crippen molar-refractivity contribution < 1.29 is 18.1 Å². The van der Waals surface area contributed by atoms with Crippen molar-refractivity contribution in [2.75, 3.05) is 13.2 Å². The topological polar surface area (TPSA) is 44.8 Å². The van der Waals surface area contributed by atoms with Crippen LogP contribution in [-0.4, -0.2) is 13.2 Å². The van der Waals surface area contributed by atoms with Gasteiger partial charge in [-0.2, -0.15) is 0 Å². The number of hydrogen-bond donors (Lipinski definition) is 0. The molecule has 0 saturated carbocycles. The summed E-state index contributed by atoms with van der Waals surface area (Å²) in [6.07, 6.45) is 0. The first-order valence-corrected chi connectivity index (χ1v) is 6.39. The molecule has 0 radical (unpaired) electrons. The summed E-state index contributed by atoms with van der Waals surface area (Å²) in [5.74, 6) is 0.403. The van der Waals surface area contributed by atoms with Crippen LogP contribution in [0.15, 0.2) is 17.1 Å². The summed E-state index contributed by atoms with van der Waals surface area (Å²) in [7, 11) is -3.44. The van der Waals surface area contributed by atoms with Gasteiger partial charge in [0.15, 0.2) is 0 Å². The number of phosphoric ester groups is 1. The van der Waals surface area contributed by atoms with E-state index >= 15 is 0 Å². The molecule has 0 heterocycles. The normalized spacial score (nSPS) is 10.7. The zero-order valence-electron chi connectivity index (χ0n) is 9.99. The average molecular weight is 234 g/mol. The van der Waals surface area contributed by atoms with E-state index in [0.717, 1.165) is 5.57 Å². The smallest absolute Gasteiger partial charge is 0.400 e. The summed E-state index contributed by atoms with van der Waals surface area (Å²) in [6, 6.07) is 0. The van der Waals surface area contributed by atoms with E-state index in [2.05, 4.69) is 5.73 Å². The van der Waals surface area contributed by atoms with Crippen molar-refractivity contribution in [3.8, 4) is 0 Å². The van der Waals surface area contributed by atoms with Crippen LogP contribution < -0.4 is 0 Å². The molecule has 88 valence electrons. The number of hydrogen-bond acceptors (Lipinski definition) is 4. The molecule has 4 nitrogen and oxygen atoms in total. The molecule has 0 aromatic heterocycles. The molecular weight excluding hydrogens is 215 g/mol. The van der Waals surface area contributed by atoms with Gasteiger partial charge in [-0.1, -0.05) is 5.73 Å². The Morgan fingerprint density at radius 1 is 1.13 bits per heavy atom. The SMILES string of the molecule is CCOP(=O)(OCC)OC(C)=C=C(C)C. The molecule has 0 aromatic rings. The standard InChI is InChI=1S/C10H19O4P/c1-6-12-15(11,13-7-2)14-10(5)8-9(3)4/h6-7H2,1-5H3. The monoisotopic (exact) mass is 234 g/mol. The van der Waals surface area contributed by atoms with Crippen LogP contribution in [0.3, 0.4) is 0 Å². The molecule has 0 spiro atoms. The van der Waals surface area contributed by atoms with Crippen LogP contribution in [0.2, 0.25) is 0 Å². The van der Waals surface area contributed by atoms with Crippen molar-refractivity contribution in [1.29, 1.82) is 0 Å². The molecule has 0 aliphatic carbocycles. The molecule has 0 unspecified atom stereocenters. The van der Waals surface area contributed by atoms with Crippen molar-refractivity contribution >= 4 is 7.82 Å². The fraction of sp³-hybridized carbons (Fsp3) is 0.700. The van der Waals surface area contributed by atoms with Crippen molar-refractivity contribution in [2.24, 2.45) is 0 Å². The van der Waals surface area contributed by atoms with E-state index in [4.69, 9.17) is 13.6 Å². The van der Waals surface area contributed by atoms with Crippen molar-refractivity contribution in [1.82, 2.24) is 0 Å². The van der Waals surface area contributed by atoms with Crippen molar-refractivity contribution in [3.05, 3.63) is 17.1 Å². The lowest BCUT2D eigenvalue weighted by Crippen LogP contribution is -1.98. The molecule has 0 aliphatic heterocycles. The van der Waals surface area contributed by atoms with E-state index < -0.39 is 7.82 Å². The lowest BCUT2D eigenvalue weighted by Gasteiger charge is -2.16. The van der Waals surface area contributed by atoms with Crippen LogP contribution in [0, 0.1) is 0 Å². The Labute approximate surface area is 91.5 Å². The Hall–Kier alpha value is -0.530. The molecule has 5 heteroatoms. The molecule has 0 aliphatic rings. The summed E-state index contributed by atoms with van der Waals surface area (Å²) < 4.78 is 26.9. The van der Waals surface area contributed by atoms with E-state index in [9.17, 15) is 4.57 Å². The Morgan fingerprint density at radius 2 is 1.60 bits per heavy atom. The summed E-state index contributed by atoms with van der Waals surface area (Å²) in [6.45, 7) is 9.43. The zero-order chi connectivity index (χ0) is 11.9. The minimum Gasteiger partial charge on any atom is -0.400 e. The van der Waals surface area contributed by atoms with E-state index in [0.29, 0.717) is 5.76 Å². The summed E-state index contributed by atoms with van der Waals surface area (Å²) in [5, 5.41) is 0. The molecule has 0 bridgehead atoms. The van der Waals surface area contributed by atoms with E-state index in [1.54, 1.807) is 20.8 Å². The van der Waals surface area contributed by atoms with Crippen LogP contribution in [0.4, 0.5) is 0 Å². The Kier molecular flexibility index (Phi) is 6.62. The van der Waals surface area contributed by atoms with Crippen LogP contribution in [0.1, 0.15) is 34.6 Å². The summed E-state index contributed by atoms with van der Waals surface area (Å²) in [4.78, 5) is 0. The second kappa shape index (κ2) is 6.86. The van der Waals surface area contributed by atoms with Crippen molar-refractivity contribution in [3.63, 3.8) is 0 Å². The zero-order valence-corrected chi connectivity index (χ0v) is 10.9. The van der Waals surface area contributed by atoms with Gasteiger partial charge in [0, 0.05) is 6.92 Å². The summed E-state index contributed by atoms with van der Waals surface area (Å²) >= 11 is 0. The van der Waals surface area contributed by atoms with Crippen LogP contribution in [-0.2, 0) is 18.1 Å². The fourth-order valence-electron chi connectivity index (χ4n) is 0.949. The van der Waals surface area contributed by atoms with Gasteiger partial charge in [-0.15, -0.1) is 0 Å². The molecule has 0 N–H and O–H groups in total. The summed E-state index contributed by atoms with van der Waals surface area (Å²) in [5.41, 5.74) is 3.83. The lowest BCUT2D eigenvalue weighted by molar-refractivity contribution is 0.146. The van der Waals surface area contributed by atoms with Gasteiger partial charge in [0.2, 0.25) is 0 Å². The molecule has 0 fully saturated rings. The highest BCUT2D eigenvalue weighted by Crippen LogP contribution is 2.50. The predicted octanol–water partition coefficient (Wildman–Crippen LogP) is 3.65. The second-order valence-electron chi connectivity index (χ2n) is 3.06. The maximum atomic E-state index is 11.9. The van der Waals surface area contributed by atoms with Crippen LogP contribution in [0.25, 0.3) is 0 Å². The van der Waals surface area contributed by atoms with E-state index in [-0.39, 0.29) is 13.2 Å². The largest absolute Gasteiger partial charge is 0.530 e. The highest BCUT2D eigenvalue weighted by atomic mass is 31.2. The maximum absolute atomic E-state index is 11.9. The van der Waals surface area contributed by atoms with Gasteiger partial charge in [0.05, 0.1) is 13.2 Å². The molecule has 0 amide bonds. The molecule has 0 rings (SSSR count). The number of phosphoric acid groups is 1. The predicted molar refractivity (Wildman–Crippen MR) is 59.5 cm³/mol. The Balaban J connectivity index is 4.70. The third kappa shape index (κ3) is 6.53. The fourth-order valence-corrected chi connectivity index (χ4v) is 2.14. The second-order valence-corrected chi connectivity index (χ2v) is 4.65. The van der Waals surface area contributed by atoms with Gasteiger partial charge < -0.3 is 4.52 Å². The van der Waals surface area contributed by atoms with Crippen molar-refractivity contribution in [2.45, 2.75) is 34.6 Å².